The second-order valence-corrected chi connectivity index (χ2v) is 5.31. The molecule has 0 unspecified atom stereocenters. The standard InChI is InChI=1S/C16H13FN4S/c1-18-16-21(20-10-12-3-2-8-19-9-12)15(11-22-16)13-4-6-14(17)7-5-13/h2-11H,1H3/b18-16?,20-10+. The van der Waals surface area contributed by atoms with Crippen LogP contribution >= 0.6 is 11.3 Å². The van der Waals surface area contributed by atoms with Crippen molar-refractivity contribution in [1.29, 1.82) is 0 Å². The Morgan fingerprint density at radius 2 is 2.05 bits per heavy atom. The van der Waals surface area contributed by atoms with Crippen LogP contribution in [-0.4, -0.2) is 22.9 Å². The molecule has 3 aromatic rings. The van der Waals surface area contributed by atoms with Gasteiger partial charge in [-0.2, -0.15) is 5.10 Å². The van der Waals surface area contributed by atoms with E-state index in [1.54, 1.807) is 42.5 Å². The number of nitrogens with zero attached hydrogens (tertiary/aromatic N) is 4. The molecule has 2 heterocycles. The molecule has 0 aliphatic heterocycles. The molecule has 0 fully saturated rings. The molecule has 22 heavy (non-hydrogen) atoms. The van der Waals surface area contributed by atoms with Crippen molar-refractivity contribution in [2.24, 2.45) is 10.1 Å². The fourth-order valence-electron chi connectivity index (χ4n) is 1.96. The zero-order valence-corrected chi connectivity index (χ0v) is 12.7. The molecule has 0 amide bonds. The van der Waals surface area contributed by atoms with Crippen LogP contribution in [0.3, 0.4) is 0 Å². The van der Waals surface area contributed by atoms with Crippen molar-refractivity contribution in [2.45, 2.75) is 0 Å². The third-order valence-corrected chi connectivity index (χ3v) is 3.93. The average Bonchev–Trinajstić information content (AvgIpc) is 2.97. The molecule has 0 radical (unpaired) electrons. The van der Waals surface area contributed by atoms with E-state index in [0.29, 0.717) is 0 Å². The van der Waals surface area contributed by atoms with Crippen molar-refractivity contribution in [3.63, 3.8) is 0 Å². The predicted molar refractivity (Wildman–Crippen MR) is 86.4 cm³/mol. The van der Waals surface area contributed by atoms with E-state index in [1.165, 1.54) is 23.5 Å². The Morgan fingerprint density at radius 3 is 2.73 bits per heavy atom. The molecule has 6 heteroatoms. The van der Waals surface area contributed by atoms with Crippen molar-refractivity contribution in [1.82, 2.24) is 9.66 Å². The number of pyridine rings is 1. The Labute approximate surface area is 130 Å². The molecule has 2 aromatic heterocycles. The van der Waals surface area contributed by atoms with Crippen molar-refractivity contribution < 1.29 is 4.39 Å². The van der Waals surface area contributed by atoms with Gasteiger partial charge in [0.15, 0.2) is 0 Å². The van der Waals surface area contributed by atoms with Crippen molar-refractivity contribution >= 4 is 17.6 Å². The highest BCUT2D eigenvalue weighted by atomic mass is 32.1. The Kier molecular flexibility index (Phi) is 4.20. The number of rotatable bonds is 3. The predicted octanol–water partition coefficient (Wildman–Crippen LogP) is 3.16. The van der Waals surface area contributed by atoms with Gasteiger partial charge in [0.1, 0.15) is 5.82 Å². The van der Waals surface area contributed by atoms with E-state index in [0.717, 1.165) is 21.6 Å². The van der Waals surface area contributed by atoms with Crippen LogP contribution in [0.5, 0.6) is 0 Å². The molecular weight excluding hydrogens is 299 g/mol. The minimum absolute atomic E-state index is 0.259. The Morgan fingerprint density at radius 1 is 1.23 bits per heavy atom. The summed E-state index contributed by atoms with van der Waals surface area (Å²) in [5, 5.41) is 6.44. The highest BCUT2D eigenvalue weighted by Gasteiger charge is 2.07. The van der Waals surface area contributed by atoms with Crippen LogP contribution in [0.1, 0.15) is 5.56 Å². The lowest BCUT2D eigenvalue weighted by molar-refractivity contribution is 0.628. The van der Waals surface area contributed by atoms with Gasteiger partial charge >= 0.3 is 0 Å². The van der Waals surface area contributed by atoms with Crippen LogP contribution in [0, 0.1) is 5.82 Å². The highest BCUT2D eigenvalue weighted by Crippen LogP contribution is 2.20. The zero-order valence-electron chi connectivity index (χ0n) is 11.8. The molecule has 0 aliphatic rings. The first kappa shape index (κ1) is 14.3. The number of benzene rings is 1. The fraction of sp³-hybridized carbons (Fsp3) is 0.0625. The quantitative estimate of drug-likeness (QED) is 0.685. The topological polar surface area (TPSA) is 42.5 Å². The van der Waals surface area contributed by atoms with E-state index in [-0.39, 0.29) is 5.82 Å². The van der Waals surface area contributed by atoms with Gasteiger partial charge in [-0.05, 0) is 30.3 Å². The number of hydrogen-bond donors (Lipinski definition) is 0. The number of hydrogen-bond acceptors (Lipinski definition) is 4. The van der Waals surface area contributed by atoms with Gasteiger partial charge in [-0.1, -0.05) is 6.07 Å². The second kappa shape index (κ2) is 6.44. The van der Waals surface area contributed by atoms with E-state index in [2.05, 4.69) is 15.1 Å². The summed E-state index contributed by atoms with van der Waals surface area (Å²) in [4.78, 5) is 9.04. The molecule has 1 aromatic carbocycles. The van der Waals surface area contributed by atoms with Crippen LogP contribution < -0.4 is 4.80 Å². The van der Waals surface area contributed by atoms with Crippen molar-refractivity contribution in [3.05, 3.63) is 70.4 Å². The summed E-state index contributed by atoms with van der Waals surface area (Å²) in [6.45, 7) is 0. The highest BCUT2D eigenvalue weighted by molar-refractivity contribution is 7.07. The van der Waals surface area contributed by atoms with Crippen LogP contribution in [0.2, 0.25) is 0 Å². The van der Waals surface area contributed by atoms with E-state index in [1.807, 2.05) is 17.5 Å². The largest absolute Gasteiger partial charge is 0.264 e. The fourth-order valence-corrected chi connectivity index (χ4v) is 2.76. The first-order valence-corrected chi connectivity index (χ1v) is 7.49. The monoisotopic (exact) mass is 312 g/mol. The number of aromatic nitrogens is 2. The molecule has 4 nitrogen and oxygen atoms in total. The molecule has 3 rings (SSSR count). The summed E-state index contributed by atoms with van der Waals surface area (Å²) < 4.78 is 14.8. The Hall–Kier alpha value is -2.60. The lowest BCUT2D eigenvalue weighted by atomic mass is 10.2. The first-order chi connectivity index (χ1) is 10.8. The van der Waals surface area contributed by atoms with Crippen molar-refractivity contribution in [2.75, 3.05) is 7.05 Å². The molecule has 0 bridgehead atoms. The molecule has 0 N–H and O–H groups in total. The molecule has 0 saturated carbocycles. The normalized spacial score (nSPS) is 12.2. The minimum atomic E-state index is -0.259. The summed E-state index contributed by atoms with van der Waals surface area (Å²) >= 11 is 1.48. The van der Waals surface area contributed by atoms with Gasteiger partial charge in [0.2, 0.25) is 4.80 Å². The molecule has 0 atom stereocenters. The van der Waals surface area contributed by atoms with Gasteiger partial charge < -0.3 is 0 Å². The summed E-state index contributed by atoms with van der Waals surface area (Å²) in [7, 11) is 1.72. The summed E-state index contributed by atoms with van der Waals surface area (Å²) in [5.74, 6) is -0.259. The second-order valence-electron chi connectivity index (χ2n) is 4.48. The molecule has 0 aliphatic carbocycles. The maximum Gasteiger partial charge on any atom is 0.205 e. The van der Waals surface area contributed by atoms with Gasteiger partial charge in [-0.3, -0.25) is 9.98 Å². The van der Waals surface area contributed by atoms with Gasteiger partial charge in [0, 0.05) is 35.9 Å². The van der Waals surface area contributed by atoms with E-state index in [9.17, 15) is 4.39 Å². The first-order valence-electron chi connectivity index (χ1n) is 6.61. The van der Waals surface area contributed by atoms with Gasteiger partial charge in [0.05, 0.1) is 11.9 Å². The van der Waals surface area contributed by atoms with E-state index in [4.69, 9.17) is 0 Å². The van der Waals surface area contributed by atoms with Crippen LogP contribution in [0.25, 0.3) is 11.3 Å². The minimum Gasteiger partial charge on any atom is -0.264 e. The molecular formula is C16H13FN4S. The average molecular weight is 312 g/mol. The van der Waals surface area contributed by atoms with Crippen LogP contribution in [0.15, 0.2) is 64.3 Å². The Bertz CT molecular complexity index is 848. The van der Waals surface area contributed by atoms with Gasteiger partial charge in [-0.15, -0.1) is 11.3 Å². The summed E-state index contributed by atoms with van der Waals surface area (Å²) in [6, 6.07) is 10.1. The van der Waals surface area contributed by atoms with Crippen LogP contribution in [-0.2, 0) is 0 Å². The smallest absolute Gasteiger partial charge is 0.205 e. The summed E-state index contributed by atoms with van der Waals surface area (Å²) in [5.41, 5.74) is 2.65. The third kappa shape index (κ3) is 3.01. The number of thiazole rings is 1. The third-order valence-electron chi connectivity index (χ3n) is 3.02. The van der Waals surface area contributed by atoms with Gasteiger partial charge in [0.25, 0.3) is 0 Å². The maximum absolute atomic E-state index is 13.1. The maximum atomic E-state index is 13.1. The molecule has 0 spiro atoms. The SMILES string of the molecule is CN=c1scc(-c2ccc(F)cc2)n1/N=C/c1cccnc1. The zero-order chi connectivity index (χ0) is 15.4. The molecule has 110 valence electrons. The lowest BCUT2D eigenvalue weighted by Crippen LogP contribution is -2.11. The molecule has 0 saturated heterocycles. The summed E-state index contributed by atoms with van der Waals surface area (Å²) in [6.07, 6.45) is 5.17. The van der Waals surface area contributed by atoms with E-state index >= 15 is 0 Å². The Balaban J connectivity index is 2.05. The van der Waals surface area contributed by atoms with Gasteiger partial charge in [-0.25, -0.2) is 9.07 Å². The van der Waals surface area contributed by atoms with Crippen molar-refractivity contribution in [3.8, 4) is 11.3 Å². The van der Waals surface area contributed by atoms with Crippen LogP contribution in [0.4, 0.5) is 4.39 Å². The van der Waals surface area contributed by atoms with E-state index < -0.39 is 0 Å². The lowest BCUT2D eigenvalue weighted by Gasteiger charge is -2.03. The number of halogens is 1.